The third kappa shape index (κ3) is 5.29. The summed E-state index contributed by atoms with van der Waals surface area (Å²) in [6, 6.07) is 0. The van der Waals surface area contributed by atoms with Gasteiger partial charge in [0.25, 0.3) is 0 Å². The number of hydrogen-bond acceptors (Lipinski definition) is 1. The molecule has 1 amide bonds. The molecule has 0 saturated carbocycles. The van der Waals surface area contributed by atoms with Crippen LogP contribution in [0.4, 0.5) is 0 Å². The van der Waals surface area contributed by atoms with E-state index in [0.29, 0.717) is 10.7 Å². The second-order valence-electron chi connectivity index (χ2n) is 3.81. The van der Waals surface area contributed by atoms with Crippen molar-refractivity contribution in [2.75, 3.05) is 6.54 Å². The Morgan fingerprint density at radius 1 is 1.38 bits per heavy atom. The molecule has 0 fully saturated rings. The maximum Gasteiger partial charge on any atom is 0.222 e. The predicted molar refractivity (Wildman–Crippen MR) is 60.0 cm³/mol. The second kappa shape index (κ2) is 6.41. The Kier molecular flexibility index (Phi) is 6.39. The van der Waals surface area contributed by atoms with Crippen LogP contribution in [-0.4, -0.2) is 17.3 Å². The molecule has 0 heterocycles. The average Bonchev–Trinajstić information content (AvgIpc) is 2.11. The summed E-state index contributed by atoms with van der Waals surface area (Å²) in [5.41, 5.74) is 0. The van der Waals surface area contributed by atoms with Gasteiger partial charge in [0.05, 0.1) is 0 Å². The van der Waals surface area contributed by atoms with Crippen LogP contribution in [0.2, 0.25) is 0 Å². The van der Waals surface area contributed by atoms with Crippen LogP contribution in [0.5, 0.6) is 0 Å². The summed E-state index contributed by atoms with van der Waals surface area (Å²) in [7, 11) is 0. The molecule has 0 saturated heterocycles. The average molecular weight is 250 g/mol. The number of hydrogen-bond donors (Lipinski definition) is 1. The zero-order valence-corrected chi connectivity index (χ0v) is 10.5. The minimum atomic E-state index is 0.131. The van der Waals surface area contributed by atoms with Crippen LogP contribution >= 0.6 is 15.9 Å². The lowest BCUT2D eigenvalue weighted by Crippen LogP contribution is -2.34. The Morgan fingerprint density at radius 3 is 2.31 bits per heavy atom. The van der Waals surface area contributed by atoms with Crippen molar-refractivity contribution in [3.05, 3.63) is 0 Å². The molecular weight excluding hydrogens is 230 g/mol. The first-order valence-corrected chi connectivity index (χ1v) is 5.82. The summed E-state index contributed by atoms with van der Waals surface area (Å²) in [6.45, 7) is 8.97. The summed E-state index contributed by atoms with van der Waals surface area (Å²) in [6.07, 6.45) is 0.903. The lowest BCUT2D eigenvalue weighted by atomic mass is 10.1. The van der Waals surface area contributed by atoms with E-state index in [1.165, 1.54) is 0 Å². The van der Waals surface area contributed by atoms with Gasteiger partial charge in [-0.2, -0.15) is 0 Å². The van der Waals surface area contributed by atoms with Gasteiger partial charge < -0.3 is 5.32 Å². The number of rotatable bonds is 5. The van der Waals surface area contributed by atoms with Crippen molar-refractivity contribution < 1.29 is 4.79 Å². The van der Waals surface area contributed by atoms with E-state index in [0.717, 1.165) is 13.0 Å². The molecule has 0 spiro atoms. The summed E-state index contributed by atoms with van der Waals surface area (Å²) < 4.78 is 0. The number of carbonyl (C=O) groups excluding carboxylic acids is 1. The van der Waals surface area contributed by atoms with Crippen LogP contribution in [0, 0.1) is 11.8 Å². The van der Waals surface area contributed by atoms with E-state index in [1.54, 1.807) is 0 Å². The SMILES string of the molecule is CCC(C)C(=O)NCC(Br)C(C)C. The molecular formula is C10H20BrNO. The Labute approximate surface area is 89.6 Å². The first-order valence-electron chi connectivity index (χ1n) is 4.90. The van der Waals surface area contributed by atoms with Crippen LogP contribution in [0.1, 0.15) is 34.1 Å². The van der Waals surface area contributed by atoms with Gasteiger partial charge in [0.2, 0.25) is 5.91 Å². The third-order valence-corrected chi connectivity index (χ3v) is 3.64. The van der Waals surface area contributed by atoms with Crippen molar-refractivity contribution in [3.8, 4) is 0 Å². The lowest BCUT2D eigenvalue weighted by molar-refractivity contribution is -0.124. The molecule has 0 aromatic carbocycles. The number of halogens is 1. The summed E-state index contributed by atoms with van der Waals surface area (Å²) >= 11 is 3.53. The lowest BCUT2D eigenvalue weighted by Gasteiger charge is -2.16. The molecule has 0 aliphatic rings. The minimum Gasteiger partial charge on any atom is -0.355 e. The molecule has 0 aromatic heterocycles. The van der Waals surface area contributed by atoms with E-state index in [-0.39, 0.29) is 11.8 Å². The van der Waals surface area contributed by atoms with Crippen molar-refractivity contribution in [2.45, 2.75) is 38.9 Å². The first kappa shape index (κ1) is 12.9. The maximum absolute atomic E-state index is 11.4. The monoisotopic (exact) mass is 249 g/mol. The number of amides is 1. The van der Waals surface area contributed by atoms with Crippen LogP contribution in [0.25, 0.3) is 0 Å². The van der Waals surface area contributed by atoms with E-state index >= 15 is 0 Å². The Balaban J connectivity index is 3.70. The molecule has 0 aliphatic carbocycles. The second-order valence-corrected chi connectivity index (χ2v) is 4.99. The zero-order chi connectivity index (χ0) is 10.4. The van der Waals surface area contributed by atoms with Gasteiger partial charge in [-0.3, -0.25) is 4.79 Å². The summed E-state index contributed by atoms with van der Waals surface area (Å²) in [5, 5.41) is 2.93. The van der Waals surface area contributed by atoms with E-state index in [4.69, 9.17) is 0 Å². The van der Waals surface area contributed by atoms with Gasteiger partial charge in [-0.05, 0) is 12.3 Å². The highest BCUT2D eigenvalue weighted by Gasteiger charge is 2.13. The number of alkyl halides is 1. The fourth-order valence-electron chi connectivity index (χ4n) is 0.793. The third-order valence-electron chi connectivity index (χ3n) is 2.25. The molecule has 0 radical (unpaired) electrons. The van der Waals surface area contributed by atoms with Crippen LogP contribution in [0.3, 0.4) is 0 Å². The molecule has 0 aliphatic heterocycles. The molecule has 1 N–H and O–H groups in total. The molecule has 13 heavy (non-hydrogen) atoms. The van der Waals surface area contributed by atoms with Gasteiger partial charge >= 0.3 is 0 Å². The highest BCUT2D eigenvalue weighted by atomic mass is 79.9. The first-order chi connectivity index (χ1) is 5.99. The number of carbonyl (C=O) groups is 1. The topological polar surface area (TPSA) is 29.1 Å². The maximum atomic E-state index is 11.4. The van der Waals surface area contributed by atoms with Crippen LogP contribution in [-0.2, 0) is 4.79 Å². The minimum absolute atomic E-state index is 0.131. The molecule has 2 unspecified atom stereocenters. The van der Waals surface area contributed by atoms with Crippen molar-refractivity contribution in [1.29, 1.82) is 0 Å². The highest BCUT2D eigenvalue weighted by molar-refractivity contribution is 9.09. The molecule has 0 bridgehead atoms. The van der Waals surface area contributed by atoms with Crippen LogP contribution < -0.4 is 5.32 Å². The summed E-state index contributed by atoms with van der Waals surface area (Å²) in [5.74, 6) is 0.844. The fraction of sp³-hybridized carbons (Fsp3) is 0.900. The Morgan fingerprint density at radius 2 is 1.92 bits per heavy atom. The zero-order valence-electron chi connectivity index (χ0n) is 8.93. The Hall–Kier alpha value is -0.0500. The van der Waals surface area contributed by atoms with Gasteiger partial charge in [0, 0.05) is 17.3 Å². The van der Waals surface area contributed by atoms with Crippen molar-refractivity contribution >= 4 is 21.8 Å². The molecule has 3 heteroatoms. The standard InChI is InChI=1S/C10H20BrNO/c1-5-8(4)10(13)12-6-9(11)7(2)3/h7-9H,5-6H2,1-4H3,(H,12,13). The molecule has 0 aromatic rings. The van der Waals surface area contributed by atoms with E-state index < -0.39 is 0 Å². The predicted octanol–water partition coefficient (Wildman–Crippen LogP) is 2.57. The Bertz CT molecular complexity index is 159. The van der Waals surface area contributed by atoms with Crippen molar-refractivity contribution in [1.82, 2.24) is 5.32 Å². The van der Waals surface area contributed by atoms with Gasteiger partial charge in [-0.15, -0.1) is 0 Å². The van der Waals surface area contributed by atoms with Gasteiger partial charge in [-0.25, -0.2) is 0 Å². The molecule has 2 atom stereocenters. The molecule has 0 rings (SSSR count). The van der Waals surface area contributed by atoms with Crippen molar-refractivity contribution in [3.63, 3.8) is 0 Å². The highest BCUT2D eigenvalue weighted by Crippen LogP contribution is 2.10. The van der Waals surface area contributed by atoms with Gasteiger partial charge in [-0.1, -0.05) is 43.6 Å². The van der Waals surface area contributed by atoms with Gasteiger partial charge in [0.15, 0.2) is 0 Å². The van der Waals surface area contributed by atoms with E-state index in [2.05, 4.69) is 35.1 Å². The summed E-state index contributed by atoms with van der Waals surface area (Å²) in [4.78, 5) is 11.7. The van der Waals surface area contributed by atoms with E-state index in [9.17, 15) is 4.79 Å². The van der Waals surface area contributed by atoms with Gasteiger partial charge in [0.1, 0.15) is 0 Å². The fourth-order valence-corrected chi connectivity index (χ4v) is 0.955. The smallest absolute Gasteiger partial charge is 0.222 e. The quantitative estimate of drug-likeness (QED) is 0.746. The van der Waals surface area contributed by atoms with E-state index in [1.807, 2.05) is 13.8 Å². The normalized spacial score (nSPS) is 15.5. The number of nitrogens with one attached hydrogen (secondary N) is 1. The molecule has 78 valence electrons. The van der Waals surface area contributed by atoms with Crippen LogP contribution in [0.15, 0.2) is 0 Å². The molecule has 2 nitrogen and oxygen atoms in total. The largest absolute Gasteiger partial charge is 0.355 e. The van der Waals surface area contributed by atoms with Crippen molar-refractivity contribution in [2.24, 2.45) is 11.8 Å².